The summed E-state index contributed by atoms with van der Waals surface area (Å²) < 4.78 is 46.1. The van der Waals surface area contributed by atoms with Gasteiger partial charge in [0, 0.05) is 12.8 Å². The van der Waals surface area contributed by atoms with Crippen LogP contribution in [0.3, 0.4) is 0 Å². The fourth-order valence-corrected chi connectivity index (χ4v) is 5.62. The van der Waals surface area contributed by atoms with Crippen molar-refractivity contribution < 1.29 is 76.9 Å². The highest BCUT2D eigenvalue weighted by atomic mass is 31.2. The molecule has 0 aliphatic carbocycles. The van der Waals surface area contributed by atoms with Crippen LogP contribution in [0.2, 0.25) is 0 Å². The standard InChI is InChI=1S/C30H59O10P.C3H9O6P/c1-3-5-7-9-11-13-15-17-19-21-29(33)37-25-28(26-39-41(35,36)38-24-27(32)23-31)40-30(34)22-20-18-16-14-12-10-8-6-4-2;4-1-3(5)2-9-10(6,7)8/h27-28,31-32H,3-26H2,1-2H3,(H,35,36);3-5H,1-2H2,(H2,6,7,8)/t27?,28-;/m1./s1. The van der Waals surface area contributed by atoms with Crippen LogP contribution in [0.25, 0.3) is 0 Å². The molecule has 0 aromatic rings. The lowest BCUT2D eigenvalue weighted by molar-refractivity contribution is -0.161. The highest BCUT2D eigenvalue weighted by Gasteiger charge is 2.27. The number of carbonyl (C=O) groups is 2. The molecular formula is C33H68O16P2. The minimum atomic E-state index is -4.59. The van der Waals surface area contributed by atoms with E-state index in [1.165, 1.54) is 64.2 Å². The van der Waals surface area contributed by atoms with Crippen molar-refractivity contribution in [3.63, 3.8) is 0 Å². The molecule has 0 rings (SSSR count). The molecule has 0 fully saturated rings. The van der Waals surface area contributed by atoms with Gasteiger partial charge in [-0.1, -0.05) is 117 Å². The van der Waals surface area contributed by atoms with Crippen LogP contribution in [0.5, 0.6) is 0 Å². The highest BCUT2D eigenvalue weighted by Crippen LogP contribution is 2.43. The van der Waals surface area contributed by atoms with E-state index in [4.69, 9.17) is 39.1 Å². The third-order valence-electron chi connectivity index (χ3n) is 7.41. The number of hydrogen-bond donors (Lipinski definition) is 7. The minimum Gasteiger partial charge on any atom is -0.462 e. The molecular weight excluding hydrogens is 714 g/mol. The minimum absolute atomic E-state index is 0.189. The quantitative estimate of drug-likeness (QED) is 0.0251. The third kappa shape index (κ3) is 40.0. The Morgan fingerprint density at radius 1 is 0.529 bits per heavy atom. The van der Waals surface area contributed by atoms with Crippen LogP contribution in [-0.4, -0.2) is 105 Å². The summed E-state index contributed by atoms with van der Waals surface area (Å²) in [4.78, 5) is 50.6. The SMILES string of the molecule is CCCCCCCCCCCC(=O)OC[C@H](COP(=O)(O)OCC(O)CO)OC(=O)CCCCCCCCCCC.O=P(O)(O)OCC(O)CO. The average molecular weight is 783 g/mol. The largest absolute Gasteiger partial charge is 0.472 e. The molecule has 7 N–H and O–H groups in total. The van der Waals surface area contributed by atoms with Crippen LogP contribution in [-0.2, 0) is 41.8 Å². The molecule has 3 unspecified atom stereocenters. The van der Waals surface area contributed by atoms with Gasteiger partial charge in [0.05, 0.1) is 33.0 Å². The van der Waals surface area contributed by atoms with Crippen molar-refractivity contribution in [2.24, 2.45) is 0 Å². The smallest absolute Gasteiger partial charge is 0.462 e. The van der Waals surface area contributed by atoms with Crippen molar-refractivity contribution in [3.8, 4) is 0 Å². The number of rotatable bonds is 34. The van der Waals surface area contributed by atoms with Crippen LogP contribution < -0.4 is 0 Å². The molecule has 16 nitrogen and oxygen atoms in total. The summed E-state index contributed by atoms with van der Waals surface area (Å²) in [7, 11) is -9.09. The number of phosphoric acid groups is 2. The first kappa shape index (κ1) is 52.1. The van der Waals surface area contributed by atoms with Gasteiger partial charge in [0.15, 0.2) is 6.10 Å². The van der Waals surface area contributed by atoms with Gasteiger partial charge in [-0.2, -0.15) is 0 Å². The fraction of sp³-hybridized carbons (Fsp3) is 0.939. The Hall–Kier alpha value is -1.00. The van der Waals surface area contributed by atoms with Gasteiger partial charge in [-0.15, -0.1) is 0 Å². The molecule has 0 saturated carbocycles. The van der Waals surface area contributed by atoms with Crippen LogP contribution >= 0.6 is 15.6 Å². The Bertz CT molecular complexity index is 919. The summed E-state index contributed by atoms with van der Waals surface area (Å²) in [5, 5.41) is 34.8. The second-order valence-corrected chi connectivity index (χ2v) is 15.2. The van der Waals surface area contributed by atoms with E-state index < -0.39 is 78.9 Å². The summed E-state index contributed by atoms with van der Waals surface area (Å²) in [6.45, 7) is 1.15. The molecule has 0 radical (unpaired) electrons. The molecule has 0 aromatic heterocycles. The molecule has 0 bridgehead atoms. The van der Waals surface area contributed by atoms with E-state index >= 15 is 0 Å². The van der Waals surface area contributed by atoms with Crippen LogP contribution in [0, 0.1) is 0 Å². The molecule has 0 saturated heterocycles. The Morgan fingerprint density at radius 2 is 0.902 bits per heavy atom. The van der Waals surface area contributed by atoms with E-state index in [1.54, 1.807) is 0 Å². The van der Waals surface area contributed by atoms with E-state index in [0.717, 1.165) is 38.5 Å². The number of unbranched alkanes of at least 4 members (excludes halogenated alkanes) is 16. The van der Waals surface area contributed by atoms with E-state index in [0.29, 0.717) is 12.8 Å². The van der Waals surface area contributed by atoms with Gasteiger partial charge in [0.1, 0.15) is 18.8 Å². The zero-order chi connectivity index (χ0) is 38.8. The van der Waals surface area contributed by atoms with Gasteiger partial charge < -0.3 is 44.6 Å². The maximum atomic E-state index is 12.4. The topological polar surface area (TPSA) is 256 Å². The number of carbonyl (C=O) groups excluding carboxylic acids is 2. The predicted octanol–water partition coefficient (Wildman–Crippen LogP) is 5.22. The maximum absolute atomic E-state index is 12.4. The summed E-state index contributed by atoms with van der Waals surface area (Å²) in [5.41, 5.74) is 0. The second-order valence-electron chi connectivity index (χ2n) is 12.5. The number of aliphatic hydroxyl groups is 4. The lowest BCUT2D eigenvalue weighted by Crippen LogP contribution is -2.29. The summed E-state index contributed by atoms with van der Waals surface area (Å²) in [6.07, 6.45) is 16.9. The van der Waals surface area contributed by atoms with Crippen LogP contribution in [0.1, 0.15) is 142 Å². The fourth-order valence-electron chi connectivity index (χ4n) is 4.46. The van der Waals surface area contributed by atoms with Crippen molar-refractivity contribution in [1.82, 2.24) is 0 Å². The number of esters is 2. The van der Waals surface area contributed by atoms with Gasteiger partial charge in [-0.25, -0.2) is 9.13 Å². The first-order chi connectivity index (χ1) is 24.2. The average Bonchev–Trinajstić information content (AvgIpc) is 3.09. The molecule has 4 atom stereocenters. The van der Waals surface area contributed by atoms with Crippen molar-refractivity contribution in [2.45, 2.75) is 161 Å². The molecule has 0 aromatic carbocycles. The van der Waals surface area contributed by atoms with Crippen molar-refractivity contribution in [3.05, 3.63) is 0 Å². The summed E-state index contributed by atoms with van der Waals surface area (Å²) in [5.74, 6) is -0.927. The van der Waals surface area contributed by atoms with Gasteiger partial charge >= 0.3 is 27.6 Å². The van der Waals surface area contributed by atoms with Crippen molar-refractivity contribution >= 4 is 27.6 Å². The van der Waals surface area contributed by atoms with Crippen molar-refractivity contribution in [2.75, 3.05) is 39.6 Å². The Labute approximate surface area is 304 Å². The van der Waals surface area contributed by atoms with E-state index in [2.05, 4.69) is 22.9 Å². The Balaban J connectivity index is 0. The van der Waals surface area contributed by atoms with Gasteiger partial charge in [-0.05, 0) is 12.8 Å². The van der Waals surface area contributed by atoms with E-state index in [1.807, 2.05) is 0 Å². The Kier molecular flexibility index (Phi) is 35.5. The number of phosphoric ester groups is 2. The first-order valence-electron chi connectivity index (χ1n) is 18.4. The zero-order valence-electron chi connectivity index (χ0n) is 30.8. The van der Waals surface area contributed by atoms with E-state index in [-0.39, 0.29) is 19.4 Å². The van der Waals surface area contributed by atoms with E-state index in [9.17, 15) is 28.7 Å². The summed E-state index contributed by atoms with van der Waals surface area (Å²) in [6, 6.07) is 0. The third-order valence-corrected chi connectivity index (χ3v) is 8.84. The molecule has 0 spiro atoms. The molecule has 0 aliphatic rings. The second kappa shape index (κ2) is 34.7. The predicted molar refractivity (Wildman–Crippen MR) is 190 cm³/mol. The normalized spacial score (nSPS) is 14.5. The van der Waals surface area contributed by atoms with Gasteiger partial charge in [0.25, 0.3) is 0 Å². The molecule has 0 heterocycles. The van der Waals surface area contributed by atoms with Crippen LogP contribution in [0.15, 0.2) is 0 Å². The molecule has 51 heavy (non-hydrogen) atoms. The lowest BCUT2D eigenvalue weighted by Gasteiger charge is -2.20. The van der Waals surface area contributed by atoms with Crippen molar-refractivity contribution in [1.29, 1.82) is 0 Å². The highest BCUT2D eigenvalue weighted by molar-refractivity contribution is 7.47. The van der Waals surface area contributed by atoms with Gasteiger partial charge in [0.2, 0.25) is 0 Å². The molecule has 306 valence electrons. The molecule has 0 aliphatic heterocycles. The number of aliphatic hydroxyl groups excluding tert-OH is 4. The molecule has 0 amide bonds. The van der Waals surface area contributed by atoms with Gasteiger partial charge in [-0.3, -0.25) is 23.2 Å². The summed E-state index contributed by atoms with van der Waals surface area (Å²) >= 11 is 0. The van der Waals surface area contributed by atoms with Crippen LogP contribution in [0.4, 0.5) is 0 Å². The zero-order valence-corrected chi connectivity index (χ0v) is 32.6. The number of ether oxygens (including phenoxy) is 2. The Morgan fingerprint density at radius 3 is 1.31 bits per heavy atom. The molecule has 18 heteroatoms. The lowest BCUT2D eigenvalue weighted by atomic mass is 10.1. The maximum Gasteiger partial charge on any atom is 0.472 e. The first-order valence-corrected chi connectivity index (χ1v) is 21.5. The monoisotopic (exact) mass is 782 g/mol. The number of hydrogen-bond acceptors (Lipinski definition) is 13.